The second kappa shape index (κ2) is 8.24. The number of nitrogens with zero attached hydrogens (tertiary/aromatic N) is 1. The van der Waals surface area contributed by atoms with E-state index in [1.54, 1.807) is 23.1 Å². The SMILES string of the molecule is Cl.O=C(NCC(=O)N1CCNCC1)c1cccc(Br)c1. The molecule has 2 rings (SSSR count). The lowest BCUT2D eigenvalue weighted by atomic mass is 10.2. The van der Waals surface area contributed by atoms with Crippen molar-refractivity contribution in [1.82, 2.24) is 15.5 Å². The summed E-state index contributed by atoms with van der Waals surface area (Å²) in [5.41, 5.74) is 0.544. The molecule has 0 bridgehead atoms. The topological polar surface area (TPSA) is 61.4 Å². The van der Waals surface area contributed by atoms with E-state index in [0.717, 1.165) is 17.6 Å². The Bertz CT molecular complexity index is 478. The molecule has 1 aliphatic heterocycles. The number of benzene rings is 1. The molecule has 0 unspecified atom stereocenters. The van der Waals surface area contributed by atoms with Crippen LogP contribution in [0.2, 0.25) is 0 Å². The van der Waals surface area contributed by atoms with Gasteiger partial charge in [-0.3, -0.25) is 9.59 Å². The summed E-state index contributed by atoms with van der Waals surface area (Å²) >= 11 is 3.31. The van der Waals surface area contributed by atoms with Crippen LogP contribution in [0.1, 0.15) is 10.4 Å². The number of rotatable bonds is 3. The molecule has 5 nitrogen and oxygen atoms in total. The highest BCUT2D eigenvalue weighted by Gasteiger charge is 2.16. The largest absolute Gasteiger partial charge is 0.343 e. The van der Waals surface area contributed by atoms with Gasteiger partial charge < -0.3 is 15.5 Å². The van der Waals surface area contributed by atoms with Gasteiger partial charge in [-0.15, -0.1) is 12.4 Å². The maximum absolute atomic E-state index is 11.9. The number of hydrogen-bond donors (Lipinski definition) is 2. The van der Waals surface area contributed by atoms with E-state index in [1.165, 1.54) is 0 Å². The number of nitrogens with one attached hydrogen (secondary N) is 2. The third kappa shape index (κ3) is 4.77. The van der Waals surface area contributed by atoms with Crippen molar-refractivity contribution in [2.24, 2.45) is 0 Å². The molecular formula is C13H17BrClN3O2. The van der Waals surface area contributed by atoms with E-state index < -0.39 is 0 Å². The van der Waals surface area contributed by atoms with Gasteiger partial charge in [0.25, 0.3) is 5.91 Å². The number of carbonyl (C=O) groups is 2. The first-order valence-electron chi connectivity index (χ1n) is 6.19. The molecule has 7 heteroatoms. The van der Waals surface area contributed by atoms with Gasteiger partial charge in [0, 0.05) is 36.2 Å². The first-order chi connectivity index (χ1) is 9.16. The zero-order valence-electron chi connectivity index (χ0n) is 10.9. The van der Waals surface area contributed by atoms with E-state index in [9.17, 15) is 9.59 Å². The fourth-order valence-electron chi connectivity index (χ4n) is 1.91. The number of amides is 2. The summed E-state index contributed by atoms with van der Waals surface area (Å²) in [5, 5.41) is 5.83. The normalized spacial score (nSPS) is 14.3. The van der Waals surface area contributed by atoms with Crippen molar-refractivity contribution in [1.29, 1.82) is 0 Å². The highest BCUT2D eigenvalue weighted by atomic mass is 79.9. The van der Waals surface area contributed by atoms with Gasteiger partial charge in [0.15, 0.2) is 0 Å². The zero-order chi connectivity index (χ0) is 13.7. The molecule has 2 amide bonds. The van der Waals surface area contributed by atoms with E-state index in [1.807, 2.05) is 6.07 Å². The Morgan fingerprint density at radius 2 is 2.00 bits per heavy atom. The molecule has 1 fully saturated rings. The first-order valence-corrected chi connectivity index (χ1v) is 6.98. The second-order valence-electron chi connectivity index (χ2n) is 4.32. The third-order valence-corrected chi connectivity index (χ3v) is 3.45. The van der Waals surface area contributed by atoms with Crippen molar-refractivity contribution in [3.63, 3.8) is 0 Å². The summed E-state index contributed by atoms with van der Waals surface area (Å²) in [6.45, 7) is 3.07. The number of halogens is 2. The summed E-state index contributed by atoms with van der Waals surface area (Å²) in [6.07, 6.45) is 0. The maximum atomic E-state index is 11.9. The molecule has 1 aromatic rings. The van der Waals surface area contributed by atoms with Crippen LogP contribution >= 0.6 is 28.3 Å². The maximum Gasteiger partial charge on any atom is 0.251 e. The number of carbonyl (C=O) groups excluding carboxylic acids is 2. The highest BCUT2D eigenvalue weighted by molar-refractivity contribution is 9.10. The monoisotopic (exact) mass is 361 g/mol. The van der Waals surface area contributed by atoms with Crippen LogP contribution in [-0.4, -0.2) is 49.4 Å². The molecule has 0 spiro atoms. The molecule has 1 saturated heterocycles. The van der Waals surface area contributed by atoms with Crippen LogP contribution in [0, 0.1) is 0 Å². The smallest absolute Gasteiger partial charge is 0.251 e. The molecule has 1 aromatic carbocycles. The average Bonchev–Trinajstić information content (AvgIpc) is 2.45. The van der Waals surface area contributed by atoms with E-state index >= 15 is 0 Å². The Hall–Kier alpha value is -1.11. The Morgan fingerprint density at radius 1 is 1.30 bits per heavy atom. The van der Waals surface area contributed by atoms with E-state index in [4.69, 9.17) is 0 Å². The summed E-state index contributed by atoms with van der Waals surface area (Å²) in [7, 11) is 0. The van der Waals surface area contributed by atoms with Gasteiger partial charge in [-0.1, -0.05) is 22.0 Å². The van der Waals surface area contributed by atoms with Crippen molar-refractivity contribution in [2.75, 3.05) is 32.7 Å². The minimum Gasteiger partial charge on any atom is -0.343 e. The third-order valence-electron chi connectivity index (χ3n) is 2.96. The molecule has 20 heavy (non-hydrogen) atoms. The van der Waals surface area contributed by atoms with Crippen LogP contribution < -0.4 is 10.6 Å². The molecule has 0 atom stereocenters. The lowest BCUT2D eigenvalue weighted by molar-refractivity contribution is -0.130. The summed E-state index contributed by atoms with van der Waals surface area (Å²) in [6, 6.07) is 7.08. The van der Waals surface area contributed by atoms with Crippen molar-refractivity contribution in [3.05, 3.63) is 34.3 Å². The van der Waals surface area contributed by atoms with E-state index in [0.29, 0.717) is 18.7 Å². The van der Waals surface area contributed by atoms with Crippen molar-refractivity contribution >= 4 is 40.2 Å². The Morgan fingerprint density at radius 3 is 2.65 bits per heavy atom. The summed E-state index contributed by atoms with van der Waals surface area (Å²) in [5.74, 6) is -0.269. The van der Waals surface area contributed by atoms with Gasteiger partial charge in [0.05, 0.1) is 6.54 Å². The van der Waals surface area contributed by atoms with Gasteiger partial charge in [0.1, 0.15) is 0 Å². The van der Waals surface area contributed by atoms with Crippen LogP contribution in [0.25, 0.3) is 0 Å². The molecule has 1 aliphatic rings. The average molecular weight is 363 g/mol. The lowest BCUT2D eigenvalue weighted by Crippen LogP contribution is -2.49. The Kier molecular flexibility index (Phi) is 6.98. The van der Waals surface area contributed by atoms with Crippen LogP contribution in [0.3, 0.4) is 0 Å². The molecule has 0 radical (unpaired) electrons. The zero-order valence-corrected chi connectivity index (χ0v) is 13.3. The van der Waals surface area contributed by atoms with Crippen molar-refractivity contribution < 1.29 is 9.59 Å². The summed E-state index contributed by atoms with van der Waals surface area (Å²) in [4.78, 5) is 25.5. The van der Waals surface area contributed by atoms with Crippen LogP contribution in [0.5, 0.6) is 0 Å². The van der Waals surface area contributed by atoms with Gasteiger partial charge in [-0.25, -0.2) is 0 Å². The van der Waals surface area contributed by atoms with Crippen molar-refractivity contribution in [3.8, 4) is 0 Å². The minimum atomic E-state index is -0.232. The number of piperazine rings is 1. The van der Waals surface area contributed by atoms with Crippen molar-refractivity contribution in [2.45, 2.75) is 0 Å². The molecule has 1 heterocycles. The molecule has 110 valence electrons. The molecular weight excluding hydrogens is 346 g/mol. The minimum absolute atomic E-state index is 0. The fraction of sp³-hybridized carbons (Fsp3) is 0.385. The van der Waals surface area contributed by atoms with E-state index in [2.05, 4.69) is 26.6 Å². The van der Waals surface area contributed by atoms with Gasteiger partial charge in [0.2, 0.25) is 5.91 Å². The van der Waals surface area contributed by atoms with Gasteiger partial charge >= 0.3 is 0 Å². The number of hydrogen-bond acceptors (Lipinski definition) is 3. The van der Waals surface area contributed by atoms with Gasteiger partial charge in [-0.2, -0.15) is 0 Å². The predicted molar refractivity (Wildman–Crippen MR) is 83.2 cm³/mol. The molecule has 0 saturated carbocycles. The van der Waals surface area contributed by atoms with Crippen LogP contribution in [-0.2, 0) is 4.79 Å². The molecule has 2 N–H and O–H groups in total. The molecule has 0 aliphatic carbocycles. The Balaban J connectivity index is 0.00000200. The predicted octanol–water partition coefficient (Wildman–Crippen LogP) is 1.03. The van der Waals surface area contributed by atoms with Crippen LogP contribution in [0.15, 0.2) is 28.7 Å². The van der Waals surface area contributed by atoms with Crippen LogP contribution in [0.4, 0.5) is 0 Å². The first kappa shape index (κ1) is 16.9. The van der Waals surface area contributed by atoms with Gasteiger partial charge in [-0.05, 0) is 18.2 Å². The highest BCUT2D eigenvalue weighted by Crippen LogP contribution is 2.11. The fourth-order valence-corrected chi connectivity index (χ4v) is 2.31. The standard InChI is InChI=1S/C13H16BrN3O2.ClH/c14-11-3-1-2-10(8-11)13(19)16-9-12(18)17-6-4-15-5-7-17;/h1-3,8,15H,4-7,9H2,(H,16,19);1H. The summed E-state index contributed by atoms with van der Waals surface area (Å²) < 4.78 is 0.841. The molecule has 0 aromatic heterocycles. The van der Waals surface area contributed by atoms with E-state index in [-0.39, 0.29) is 30.8 Å². The lowest BCUT2D eigenvalue weighted by Gasteiger charge is -2.27. The Labute approximate surface area is 132 Å². The second-order valence-corrected chi connectivity index (χ2v) is 5.24. The quantitative estimate of drug-likeness (QED) is 0.844.